The van der Waals surface area contributed by atoms with Crippen LogP contribution in [0.3, 0.4) is 0 Å². The van der Waals surface area contributed by atoms with Gasteiger partial charge in [-0.1, -0.05) is 42.5 Å². The highest BCUT2D eigenvalue weighted by atomic mass is 19.1. The average Bonchev–Trinajstić information content (AvgIpc) is 3.37. The summed E-state index contributed by atoms with van der Waals surface area (Å²) in [7, 11) is 1.50. The third-order valence-electron chi connectivity index (χ3n) is 7.08. The van der Waals surface area contributed by atoms with Gasteiger partial charge in [0.15, 0.2) is 0 Å². The number of nitrogens with one attached hydrogen (secondary N) is 3. The van der Waals surface area contributed by atoms with Crippen molar-refractivity contribution in [3.8, 4) is 22.5 Å². The van der Waals surface area contributed by atoms with Gasteiger partial charge in [-0.15, -0.1) is 0 Å². The normalized spacial score (nSPS) is 11.3. The molecule has 0 saturated carbocycles. The third kappa shape index (κ3) is 5.51. The van der Waals surface area contributed by atoms with E-state index in [1.807, 2.05) is 50.2 Å². The second kappa shape index (κ2) is 11.3. The second-order valence-electron chi connectivity index (χ2n) is 10.5. The SMILES string of the molecule is CNC(=O)c1c(-c2ccc(F)cc2)oc2ccc(-c3cccc(C(=O)NC(C)(C)c4ccccc4)c3)c(NC(C)=O)c12. The Hall–Kier alpha value is -5.24. The molecule has 1 heterocycles. The van der Waals surface area contributed by atoms with Crippen LogP contribution in [0.4, 0.5) is 10.1 Å². The van der Waals surface area contributed by atoms with E-state index < -0.39 is 17.3 Å². The number of hydrogen-bond donors (Lipinski definition) is 3. The fourth-order valence-electron chi connectivity index (χ4n) is 4.99. The van der Waals surface area contributed by atoms with Gasteiger partial charge in [0.2, 0.25) is 5.91 Å². The number of carbonyl (C=O) groups excluding carboxylic acids is 3. The van der Waals surface area contributed by atoms with Crippen molar-refractivity contribution in [2.45, 2.75) is 26.3 Å². The van der Waals surface area contributed by atoms with E-state index in [4.69, 9.17) is 4.42 Å². The van der Waals surface area contributed by atoms with Crippen molar-refractivity contribution in [1.29, 1.82) is 0 Å². The zero-order chi connectivity index (χ0) is 30.0. The molecule has 0 radical (unpaired) electrons. The molecule has 4 aromatic carbocycles. The molecule has 1 aromatic heterocycles. The van der Waals surface area contributed by atoms with Crippen molar-refractivity contribution in [2.24, 2.45) is 0 Å². The van der Waals surface area contributed by atoms with Crippen LogP contribution in [-0.4, -0.2) is 24.8 Å². The van der Waals surface area contributed by atoms with E-state index in [0.29, 0.717) is 38.9 Å². The molecule has 0 aliphatic carbocycles. The fourth-order valence-corrected chi connectivity index (χ4v) is 4.99. The van der Waals surface area contributed by atoms with Crippen LogP contribution in [0.2, 0.25) is 0 Å². The summed E-state index contributed by atoms with van der Waals surface area (Å²) < 4.78 is 19.8. The molecule has 42 heavy (non-hydrogen) atoms. The Kier molecular flexibility index (Phi) is 7.63. The Morgan fingerprint density at radius 2 is 1.52 bits per heavy atom. The molecular weight excluding hydrogens is 533 g/mol. The van der Waals surface area contributed by atoms with Crippen molar-refractivity contribution in [2.75, 3.05) is 12.4 Å². The monoisotopic (exact) mass is 563 g/mol. The van der Waals surface area contributed by atoms with Crippen LogP contribution in [0, 0.1) is 5.82 Å². The molecule has 212 valence electrons. The Bertz CT molecular complexity index is 1810. The average molecular weight is 564 g/mol. The summed E-state index contributed by atoms with van der Waals surface area (Å²) >= 11 is 0. The fraction of sp³-hybridized carbons (Fsp3) is 0.147. The number of fused-ring (bicyclic) bond motifs is 1. The van der Waals surface area contributed by atoms with E-state index in [-0.39, 0.29) is 23.1 Å². The van der Waals surface area contributed by atoms with Gasteiger partial charge in [0.25, 0.3) is 11.8 Å². The summed E-state index contributed by atoms with van der Waals surface area (Å²) in [6.45, 7) is 5.24. The summed E-state index contributed by atoms with van der Waals surface area (Å²) in [5, 5.41) is 9.01. The molecule has 3 N–H and O–H groups in total. The van der Waals surface area contributed by atoms with Gasteiger partial charge in [-0.25, -0.2) is 4.39 Å². The summed E-state index contributed by atoms with van der Waals surface area (Å²) in [5.41, 5.74) is 3.43. The lowest BCUT2D eigenvalue weighted by molar-refractivity contribution is -0.114. The van der Waals surface area contributed by atoms with E-state index in [2.05, 4.69) is 16.0 Å². The maximum Gasteiger partial charge on any atom is 0.255 e. The van der Waals surface area contributed by atoms with Crippen LogP contribution in [0.25, 0.3) is 33.4 Å². The van der Waals surface area contributed by atoms with E-state index in [0.717, 1.165) is 5.56 Å². The predicted molar refractivity (Wildman–Crippen MR) is 162 cm³/mol. The van der Waals surface area contributed by atoms with E-state index in [9.17, 15) is 18.8 Å². The lowest BCUT2D eigenvalue weighted by Crippen LogP contribution is -2.40. The largest absolute Gasteiger partial charge is 0.455 e. The van der Waals surface area contributed by atoms with Crippen LogP contribution in [0.1, 0.15) is 47.1 Å². The summed E-state index contributed by atoms with van der Waals surface area (Å²) in [6.07, 6.45) is 0. The zero-order valence-electron chi connectivity index (χ0n) is 23.7. The number of anilines is 1. The molecule has 0 aliphatic rings. The lowest BCUT2D eigenvalue weighted by Gasteiger charge is -2.27. The molecule has 0 aliphatic heterocycles. The summed E-state index contributed by atoms with van der Waals surface area (Å²) in [5.74, 6) is -1.23. The molecule has 8 heteroatoms. The van der Waals surface area contributed by atoms with E-state index in [1.165, 1.54) is 38.2 Å². The quantitative estimate of drug-likeness (QED) is 0.201. The minimum absolute atomic E-state index is 0.197. The Balaban J connectivity index is 1.64. The smallest absolute Gasteiger partial charge is 0.255 e. The topological polar surface area (TPSA) is 100 Å². The number of carbonyl (C=O) groups is 3. The van der Waals surface area contributed by atoms with Crippen LogP contribution in [0.15, 0.2) is 95.4 Å². The lowest BCUT2D eigenvalue weighted by atomic mass is 9.93. The predicted octanol–water partition coefficient (Wildman–Crippen LogP) is 6.89. The van der Waals surface area contributed by atoms with Gasteiger partial charge in [0.05, 0.1) is 22.2 Å². The molecule has 5 aromatic rings. The number of amides is 3. The number of halogens is 1. The first-order valence-electron chi connectivity index (χ1n) is 13.4. The van der Waals surface area contributed by atoms with Gasteiger partial charge in [-0.2, -0.15) is 0 Å². The van der Waals surface area contributed by atoms with Crippen LogP contribution in [-0.2, 0) is 10.3 Å². The maximum atomic E-state index is 13.7. The number of furan rings is 1. The number of rotatable bonds is 7. The first kappa shape index (κ1) is 28.3. The Morgan fingerprint density at radius 3 is 2.19 bits per heavy atom. The molecule has 0 fully saturated rings. The standard InChI is InChI=1S/C34H30FN3O4/c1-20(39)37-30-26(22-9-8-10-23(19-22)32(40)38-34(2,3)24-11-6-5-7-12-24)17-18-27-28(30)29(33(41)36-4)31(42-27)21-13-15-25(35)16-14-21/h5-19H,1-4H3,(H,36,41)(H,37,39)(H,38,40). The zero-order valence-corrected chi connectivity index (χ0v) is 23.7. The van der Waals surface area contributed by atoms with E-state index >= 15 is 0 Å². The van der Waals surface area contributed by atoms with Crippen molar-refractivity contribution >= 4 is 34.4 Å². The second-order valence-corrected chi connectivity index (χ2v) is 10.5. The van der Waals surface area contributed by atoms with Crippen LogP contribution in [0.5, 0.6) is 0 Å². The maximum absolute atomic E-state index is 13.7. The number of hydrogen-bond acceptors (Lipinski definition) is 4. The van der Waals surface area contributed by atoms with Gasteiger partial charge in [-0.3, -0.25) is 14.4 Å². The molecule has 0 saturated heterocycles. The minimum atomic E-state index is -0.620. The molecule has 5 rings (SSSR count). The molecule has 0 spiro atoms. The summed E-state index contributed by atoms with van der Waals surface area (Å²) in [4.78, 5) is 39.0. The molecule has 0 unspecified atom stereocenters. The molecule has 3 amide bonds. The van der Waals surface area contributed by atoms with Gasteiger partial charge >= 0.3 is 0 Å². The number of benzene rings is 4. The summed E-state index contributed by atoms with van der Waals surface area (Å²) in [6, 6.07) is 25.8. The molecule has 0 bridgehead atoms. The first-order valence-corrected chi connectivity index (χ1v) is 13.4. The van der Waals surface area contributed by atoms with Crippen molar-refractivity contribution in [3.05, 3.63) is 114 Å². The highest BCUT2D eigenvalue weighted by Gasteiger charge is 2.27. The van der Waals surface area contributed by atoms with Crippen molar-refractivity contribution in [1.82, 2.24) is 10.6 Å². The van der Waals surface area contributed by atoms with Crippen molar-refractivity contribution in [3.63, 3.8) is 0 Å². The van der Waals surface area contributed by atoms with Gasteiger partial charge in [-0.05, 0) is 73.5 Å². The highest BCUT2D eigenvalue weighted by molar-refractivity contribution is 6.19. The van der Waals surface area contributed by atoms with Gasteiger partial charge in [0.1, 0.15) is 17.2 Å². The van der Waals surface area contributed by atoms with Gasteiger partial charge in [0, 0.05) is 30.7 Å². The minimum Gasteiger partial charge on any atom is -0.455 e. The Labute approximate surface area is 242 Å². The molecule has 0 atom stereocenters. The third-order valence-corrected chi connectivity index (χ3v) is 7.08. The first-order chi connectivity index (χ1) is 20.1. The van der Waals surface area contributed by atoms with E-state index in [1.54, 1.807) is 30.3 Å². The van der Waals surface area contributed by atoms with Crippen LogP contribution < -0.4 is 16.0 Å². The van der Waals surface area contributed by atoms with Crippen molar-refractivity contribution < 1.29 is 23.2 Å². The Morgan fingerprint density at radius 1 is 0.810 bits per heavy atom. The highest BCUT2D eigenvalue weighted by Crippen LogP contribution is 2.42. The molecule has 7 nitrogen and oxygen atoms in total. The van der Waals surface area contributed by atoms with Gasteiger partial charge < -0.3 is 20.4 Å². The van der Waals surface area contributed by atoms with Crippen LogP contribution >= 0.6 is 0 Å². The molecular formula is C34H30FN3O4.